The van der Waals surface area contributed by atoms with Crippen molar-refractivity contribution in [3.63, 3.8) is 0 Å². The van der Waals surface area contributed by atoms with Crippen molar-refractivity contribution in [3.05, 3.63) is 57.2 Å². The van der Waals surface area contributed by atoms with Gasteiger partial charge in [-0.2, -0.15) is 0 Å². The first kappa shape index (κ1) is 18.0. The fourth-order valence-corrected chi connectivity index (χ4v) is 3.08. The molecule has 2 aromatic rings. The number of nitrogens with one attached hydrogen (secondary N) is 1. The van der Waals surface area contributed by atoms with Gasteiger partial charge >= 0.3 is 5.97 Å². The van der Waals surface area contributed by atoms with Crippen molar-refractivity contribution in [1.82, 2.24) is 9.88 Å². The van der Waals surface area contributed by atoms with Gasteiger partial charge in [-0.1, -0.05) is 35.3 Å². The molecule has 7 heteroatoms. The summed E-state index contributed by atoms with van der Waals surface area (Å²) in [4.78, 5) is 17.3. The van der Waals surface area contributed by atoms with Gasteiger partial charge in [0.25, 0.3) is 0 Å². The molecule has 0 spiro atoms. The Morgan fingerprint density at radius 3 is 2.76 bits per heavy atom. The molecule has 2 heterocycles. The first-order valence-electron chi connectivity index (χ1n) is 8.01. The second-order valence-corrected chi connectivity index (χ2v) is 7.14. The first-order valence-corrected chi connectivity index (χ1v) is 8.76. The van der Waals surface area contributed by atoms with Crippen molar-refractivity contribution in [2.24, 2.45) is 5.92 Å². The minimum absolute atomic E-state index is 0.272. The van der Waals surface area contributed by atoms with E-state index in [1.54, 1.807) is 6.20 Å². The third kappa shape index (κ3) is 4.42. The fraction of sp³-hybridized carbons (Fsp3) is 0.333. The summed E-state index contributed by atoms with van der Waals surface area (Å²) in [6, 6.07) is 7.82. The number of benzene rings is 1. The highest BCUT2D eigenvalue weighted by Gasteiger charge is 2.32. The number of aryl methyl sites for hydroxylation is 1. The summed E-state index contributed by atoms with van der Waals surface area (Å²) in [5.41, 5.74) is 3.10. The lowest BCUT2D eigenvalue weighted by molar-refractivity contribution is -0.147. The molecule has 0 radical (unpaired) electrons. The molecule has 132 valence electrons. The molecule has 1 aromatic heterocycles. The number of aliphatic carboxylic acids is 1. The smallest absolute Gasteiger partial charge is 0.309 e. The standard InChI is InChI=1S/C18H19Cl2N3O2/c1-11-4-12(2-3-15(11)19)6-21-17-5-13(16(20)7-22-17)8-23-9-14(10-23)18(24)25/h2-5,7,14H,6,8-10H2,1H3,(H,21,22)(H,24,25). The van der Waals surface area contributed by atoms with Crippen LogP contribution >= 0.6 is 23.2 Å². The molecule has 3 rings (SSSR count). The van der Waals surface area contributed by atoms with E-state index in [1.807, 2.05) is 31.2 Å². The largest absolute Gasteiger partial charge is 0.481 e. The van der Waals surface area contributed by atoms with Gasteiger partial charge in [-0.25, -0.2) is 4.98 Å². The number of halogens is 2. The number of carboxylic acid groups (broad SMARTS) is 1. The van der Waals surface area contributed by atoms with E-state index in [4.69, 9.17) is 28.3 Å². The van der Waals surface area contributed by atoms with Crippen LogP contribution in [0.25, 0.3) is 0 Å². The monoisotopic (exact) mass is 379 g/mol. The number of nitrogens with zero attached hydrogens (tertiary/aromatic N) is 2. The van der Waals surface area contributed by atoms with Crippen LogP contribution in [0.1, 0.15) is 16.7 Å². The van der Waals surface area contributed by atoms with E-state index in [2.05, 4.69) is 15.2 Å². The maximum absolute atomic E-state index is 10.9. The van der Waals surface area contributed by atoms with Crippen molar-refractivity contribution in [2.75, 3.05) is 18.4 Å². The predicted octanol–water partition coefficient (Wildman–Crippen LogP) is 3.83. The van der Waals surface area contributed by atoms with Gasteiger partial charge in [-0.15, -0.1) is 0 Å². The summed E-state index contributed by atoms with van der Waals surface area (Å²) < 4.78 is 0. The summed E-state index contributed by atoms with van der Waals surface area (Å²) in [6.45, 7) is 4.35. The van der Waals surface area contributed by atoms with Gasteiger partial charge < -0.3 is 10.4 Å². The molecule has 0 saturated carbocycles. The van der Waals surface area contributed by atoms with E-state index in [1.165, 1.54) is 0 Å². The number of aromatic nitrogens is 1. The van der Waals surface area contributed by atoms with Crippen LogP contribution in [0.5, 0.6) is 0 Å². The second kappa shape index (κ2) is 7.60. The van der Waals surface area contributed by atoms with Crippen LogP contribution in [0.4, 0.5) is 5.82 Å². The molecule has 1 aliphatic rings. The maximum Gasteiger partial charge on any atom is 0.309 e. The number of hydrogen-bond acceptors (Lipinski definition) is 4. The molecule has 0 amide bonds. The number of anilines is 1. The van der Waals surface area contributed by atoms with Gasteiger partial charge in [-0.3, -0.25) is 9.69 Å². The minimum atomic E-state index is -0.738. The normalized spacial score (nSPS) is 15.0. The Hall–Kier alpha value is -1.82. The van der Waals surface area contributed by atoms with E-state index in [-0.39, 0.29) is 5.92 Å². The van der Waals surface area contributed by atoms with E-state index < -0.39 is 5.97 Å². The van der Waals surface area contributed by atoms with Crippen LogP contribution < -0.4 is 5.32 Å². The fourth-order valence-electron chi connectivity index (χ4n) is 2.80. The van der Waals surface area contributed by atoms with Crippen molar-refractivity contribution in [3.8, 4) is 0 Å². The highest BCUT2D eigenvalue weighted by Crippen LogP contribution is 2.25. The van der Waals surface area contributed by atoms with Crippen LogP contribution in [-0.2, 0) is 17.9 Å². The van der Waals surface area contributed by atoms with E-state index in [0.717, 1.165) is 27.5 Å². The summed E-state index contributed by atoms with van der Waals surface area (Å²) in [5, 5.41) is 13.6. The highest BCUT2D eigenvalue weighted by molar-refractivity contribution is 6.31. The molecule has 1 fully saturated rings. The average Bonchev–Trinajstić information content (AvgIpc) is 2.53. The number of carboxylic acids is 1. The van der Waals surface area contributed by atoms with Crippen molar-refractivity contribution in [1.29, 1.82) is 0 Å². The molecule has 0 unspecified atom stereocenters. The Labute approximate surface area is 156 Å². The predicted molar refractivity (Wildman–Crippen MR) is 99.2 cm³/mol. The van der Waals surface area contributed by atoms with E-state index >= 15 is 0 Å². The maximum atomic E-state index is 10.9. The molecule has 0 aliphatic carbocycles. The Bertz CT molecular complexity index is 792. The number of rotatable bonds is 6. The summed E-state index contributed by atoms with van der Waals surface area (Å²) in [6.07, 6.45) is 1.63. The number of carbonyl (C=O) groups is 1. The number of likely N-dealkylation sites (tertiary alicyclic amines) is 1. The summed E-state index contributed by atoms with van der Waals surface area (Å²) in [7, 11) is 0. The van der Waals surface area contributed by atoms with Gasteiger partial charge in [0, 0.05) is 37.4 Å². The number of hydrogen-bond donors (Lipinski definition) is 2. The second-order valence-electron chi connectivity index (χ2n) is 6.33. The van der Waals surface area contributed by atoms with Crippen molar-refractivity contribution >= 4 is 35.0 Å². The van der Waals surface area contributed by atoms with Crippen LogP contribution in [0, 0.1) is 12.8 Å². The minimum Gasteiger partial charge on any atom is -0.481 e. The third-order valence-electron chi connectivity index (χ3n) is 4.33. The van der Waals surface area contributed by atoms with Gasteiger partial charge in [-0.05, 0) is 35.7 Å². The van der Waals surface area contributed by atoms with Gasteiger partial charge in [0.15, 0.2) is 0 Å². The third-order valence-corrected chi connectivity index (χ3v) is 5.10. The summed E-state index contributed by atoms with van der Waals surface area (Å²) in [5.74, 6) is -0.272. The average molecular weight is 380 g/mol. The van der Waals surface area contributed by atoms with Crippen LogP contribution in [-0.4, -0.2) is 34.0 Å². The zero-order chi connectivity index (χ0) is 18.0. The van der Waals surface area contributed by atoms with Crippen molar-refractivity contribution in [2.45, 2.75) is 20.0 Å². The molecule has 1 aliphatic heterocycles. The SMILES string of the molecule is Cc1cc(CNc2cc(CN3CC(C(=O)O)C3)c(Cl)cn2)ccc1Cl. The van der Waals surface area contributed by atoms with Crippen LogP contribution in [0.15, 0.2) is 30.5 Å². The highest BCUT2D eigenvalue weighted by atomic mass is 35.5. The molecule has 2 N–H and O–H groups in total. The Morgan fingerprint density at radius 1 is 1.32 bits per heavy atom. The molecule has 0 atom stereocenters. The molecular weight excluding hydrogens is 361 g/mol. The van der Waals surface area contributed by atoms with Gasteiger partial charge in [0.05, 0.1) is 10.9 Å². The quantitative estimate of drug-likeness (QED) is 0.798. The van der Waals surface area contributed by atoms with E-state index in [0.29, 0.717) is 31.2 Å². The summed E-state index contributed by atoms with van der Waals surface area (Å²) >= 11 is 12.3. The molecule has 0 bridgehead atoms. The zero-order valence-corrected chi connectivity index (χ0v) is 15.3. The topological polar surface area (TPSA) is 65.5 Å². The van der Waals surface area contributed by atoms with Crippen LogP contribution in [0.2, 0.25) is 10.0 Å². The Morgan fingerprint density at radius 2 is 2.08 bits per heavy atom. The zero-order valence-electron chi connectivity index (χ0n) is 13.8. The molecule has 5 nitrogen and oxygen atoms in total. The molecular formula is C18H19Cl2N3O2. The Balaban J connectivity index is 1.61. The lowest BCUT2D eigenvalue weighted by atomic mass is 10.00. The Kier molecular flexibility index (Phi) is 5.47. The van der Waals surface area contributed by atoms with Crippen molar-refractivity contribution < 1.29 is 9.90 Å². The lowest BCUT2D eigenvalue weighted by Crippen LogP contribution is -2.49. The van der Waals surface area contributed by atoms with Gasteiger partial charge in [0.2, 0.25) is 0 Å². The number of pyridine rings is 1. The van der Waals surface area contributed by atoms with E-state index in [9.17, 15) is 4.79 Å². The van der Waals surface area contributed by atoms with Crippen LogP contribution in [0.3, 0.4) is 0 Å². The lowest BCUT2D eigenvalue weighted by Gasteiger charge is -2.36. The molecule has 1 saturated heterocycles. The van der Waals surface area contributed by atoms with Gasteiger partial charge in [0.1, 0.15) is 5.82 Å². The molecule has 1 aromatic carbocycles. The first-order chi connectivity index (χ1) is 11.9. The molecule has 25 heavy (non-hydrogen) atoms.